The molecular formula is C41H78NO7+. The minimum Gasteiger partial charge on any atom is -0.477 e. The molecule has 0 fully saturated rings. The number of carbonyl (C=O) groups excluding carboxylic acids is 2. The molecule has 0 aromatic rings. The molecule has 0 radical (unpaired) electrons. The molecule has 2 atom stereocenters. The van der Waals surface area contributed by atoms with Crippen molar-refractivity contribution in [2.45, 2.75) is 193 Å². The lowest BCUT2D eigenvalue weighted by Crippen LogP contribution is -2.50. The number of rotatable bonds is 36. The summed E-state index contributed by atoms with van der Waals surface area (Å²) < 4.78 is 17.2. The van der Waals surface area contributed by atoms with Crippen LogP contribution in [0, 0.1) is 0 Å². The minimum atomic E-state index is -0.878. The number of allylic oxidation sites excluding steroid dienone is 2. The zero-order valence-corrected chi connectivity index (χ0v) is 32.7. The molecule has 0 spiro atoms. The average Bonchev–Trinajstić information content (AvgIpc) is 3.05. The van der Waals surface area contributed by atoms with E-state index in [1.807, 2.05) is 21.1 Å². The summed E-state index contributed by atoms with van der Waals surface area (Å²) in [5.74, 6) is -1.50. The number of esters is 2. The number of aliphatic carboxylic acids is 1. The monoisotopic (exact) mass is 697 g/mol. The highest BCUT2D eigenvalue weighted by Gasteiger charge is 2.31. The summed E-state index contributed by atoms with van der Waals surface area (Å²) in [5, 5.41) is 9.57. The van der Waals surface area contributed by atoms with Crippen LogP contribution in [-0.4, -0.2) is 80.6 Å². The molecule has 8 heteroatoms. The lowest BCUT2D eigenvalue weighted by atomic mass is 10.0. The van der Waals surface area contributed by atoms with Crippen molar-refractivity contribution in [1.82, 2.24) is 0 Å². The largest absolute Gasteiger partial charge is 0.477 e. The van der Waals surface area contributed by atoms with E-state index in [-0.39, 0.29) is 42.7 Å². The quantitative estimate of drug-likeness (QED) is 0.0301. The van der Waals surface area contributed by atoms with E-state index in [0.717, 1.165) is 32.1 Å². The molecule has 0 aliphatic carbocycles. The van der Waals surface area contributed by atoms with Gasteiger partial charge in [-0.25, -0.2) is 4.79 Å². The molecule has 49 heavy (non-hydrogen) atoms. The van der Waals surface area contributed by atoms with Gasteiger partial charge in [0.25, 0.3) is 0 Å². The summed E-state index contributed by atoms with van der Waals surface area (Å²) in [7, 11) is 5.51. The number of carbonyl (C=O) groups is 3. The Morgan fingerprint density at radius 3 is 1.53 bits per heavy atom. The van der Waals surface area contributed by atoms with Crippen molar-refractivity contribution in [3.05, 3.63) is 12.2 Å². The van der Waals surface area contributed by atoms with Crippen LogP contribution in [-0.2, 0) is 28.6 Å². The van der Waals surface area contributed by atoms with Crippen molar-refractivity contribution in [2.75, 3.05) is 41.0 Å². The van der Waals surface area contributed by atoms with E-state index in [9.17, 15) is 19.5 Å². The van der Waals surface area contributed by atoms with Gasteiger partial charge in [-0.05, 0) is 32.1 Å². The van der Waals surface area contributed by atoms with E-state index in [1.54, 1.807) is 0 Å². The SMILES string of the molecule is CCCCCC/C=C/CCCC(=O)OC(COCCC(C(=O)O)[N+](C)(C)C)COC(=O)CCCCCCCCCCCCCCCCCC. The predicted molar refractivity (Wildman–Crippen MR) is 202 cm³/mol. The first-order valence-corrected chi connectivity index (χ1v) is 20.2. The Labute approximate surface area is 301 Å². The third-order valence-electron chi connectivity index (χ3n) is 9.16. The summed E-state index contributed by atoms with van der Waals surface area (Å²) in [4.78, 5) is 36.7. The Balaban J connectivity index is 4.32. The molecule has 1 N–H and O–H groups in total. The molecule has 8 nitrogen and oxygen atoms in total. The van der Waals surface area contributed by atoms with E-state index < -0.39 is 18.1 Å². The molecule has 288 valence electrons. The zero-order valence-electron chi connectivity index (χ0n) is 32.7. The maximum absolute atomic E-state index is 12.6. The standard InChI is InChI=1S/C41H77NO7/c1-6-8-10-12-14-16-17-18-19-20-21-22-24-25-27-29-31-39(43)48-36-37(35-47-34-33-38(41(45)46)42(3,4)5)49-40(44)32-30-28-26-23-15-13-11-9-7-2/h23,26,37-38H,6-22,24-25,27-36H2,1-5H3/p+1/b26-23+. The summed E-state index contributed by atoms with van der Waals surface area (Å²) >= 11 is 0. The third kappa shape index (κ3) is 31.8. The van der Waals surface area contributed by atoms with Gasteiger partial charge in [0.05, 0.1) is 34.4 Å². The van der Waals surface area contributed by atoms with E-state index in [1.165, 1.54) is 109 Å². The van der Waals surface area contributed by atoms with Gasteiger partial charge in [0.15, 0.2) is 12.1 Å². The van der Waals surface area contributed by atoms with Crippen molar-refractivity contribution < 1.29 is 38.2 Å². The Kier molecular flexibility index (Phi) is 31.9. The van der Waals surface area contributed by atoms with Crippen LogP contribution in [0.15, 0.2) is 12.2 Å². The maximum Gasteiger partial charge on any atom is 0.362 e. The number of hydrogen-bond donors (Lipinski definition) is 1. The molecule has 0 saturated heterocycles. The number of hydrogen-bond acceptors (Lipinski definition) is 6. The van der Waals surface area contributed by atoms with Gasteiger partial charge in [0.1, 0.15) is 6.61 Å². The van der Waals surface area contributed by atoms with Crippen LogP contribution >= 0.6 is 0 Å². The fourth-order valence-corrected chi connectivity index (χ4v) is 5.98. The minimum absolute atomic E-state index is 0.0548. The second-order valence-corrected chi connectivity index (χ2v) is 14.9. The Morgan fingerprint density at radius 2 is 1.04 bits per heavy atom. The first-order valence-electron chi connectivity index (χ1n) is 20.2. The summed E-state index contributed by atoms with van der Waals surface area (Å²) in [6.45, 7) is 4.68. The van der Waals surface area contributed by atoms with Gasteiger partial charge in [0, 0.05) is 19.3 Å². The molecular weight excluding hydrogens is 618 g/mol. The van der Waals surface area contributed by atoms with Gasteiger partial charge in [-0.1, -0.05) is 142 Å². The molecule has 0 bridgehead atoms. The Morgan fingerprint density at radius 1 is 0.592 bits per heavy atom. The molecule has 2 unspecified atom stereocenters. The Bertz CT molecular complexity index is 823. The highest BCUT2D eigenvalue weighted by Crippen LogP contribution is 2.15. The number of likely N-dealkylation sites (N-methyl/N-ethyl adjacent to an activating group) is 1. The fourth-order valence-electron chi connectivity index (χ4n) is 5.98. The van der Waals surface area contributed by atoms with Crippen LogP contribution in [0.2, 0.25) is 0 Å². The molecule has 0 aromatic heterocycles. The number of carboxylic acid groups (broad SMARTS) is 1. The molecule has 0 aliphatic heterocycles. The van der Waals surface area contributed by atoms with Gasteiger partial charge in [-0.2, -0.15) is 0 Å². The van der Waals surface area contributed by atoms with Crippen LogP contribution < -0.4 is 0 Å². The van der Waals surface area contributed by atoms with Crippen molar-refractivity contribution >= 4 is 17.9 Å². The van der Waals surface area contributed by atoms with Crippen molar-refractivity contribution in [1.29, 1.82) is 0 Å². The van der Waals surface area contributed by atoms with Gasteiger partial charge in [0.2, 0.25) is 0 Å². The topological polar surface area (TPSA) is 99.1 Å². The normalized spacial score (nSPS) is 13.1. The highest BCUT2D eigenvalue weighted by atomic mass is 16.6. The molecule has 0 saturated carbocycles. The first kappa shape index (κ1) is 47.1. The number of nitrogens with zero attached hydrogens (tertiary/aromatic N) is 1. The molecule has 0 rings (SSSR count). The summed E-state index contributed by atoms with van der Waals surface area (Å²) in [5.41, 5.74) is 0. The van der Waals surface area contributed by atoms with Gasteiger partial charge >= 0.3 is 17.9 Å². The van der Waals surface area contributed by atoms with Crippen LogP contribution in [0.5, 0.6) is 0 Å². The van der Waals surface area contributed by atoms with E-state index in [4.69, 9.17) is 14.2 Å². The van der Waals surface area contributed by atoms with E-state index in [0.29, 0.717) is 19.3 Å². The van der Waals surface area contributed by atoms with E-state index >= 15 is 0 Å². The fraction of sp³-hybridized carbons (Fsp3) is 0.878. The maximum atomic E-state index is 12.6. The number of carboxylic acids is 1. The highest BCUT2D eigenvalue weighted by molar-refractivity contribution is 5.72. The van der Waals surface area contributed by atoms with Crippen molar-refractivity contribution in [2.24, 2.45) is 0 Å². The van der Waals surface area contributed by atoms with Crippen LogP contribution in [0.3, 0.4) is 0 Å². The zero-order chi connectivity index (χ0) is 36.4. The second-order valence-electron chi connectivity index (χ2n) is 14.9. The molecule has 0 heterocycles. The third-order valence-corrected chi connectivity index (χ3v) is 9.16. The van der Waals surface area contributed by atoms with Crippen LogP contribution in [0.1, 0.15) is 181 Å². The Hall–Kier alpha value is -1.93. The van der Waals surface area contributed by atoms with Crippen molar-refractivity contribution in [3.8, 4) is 0 Å². The summed E-state index contributed by atoms with van der Waals surface area (Å²) in [6.07, 6.45) is 32.6. The van der Waals surface area contributed by atoms with Gasteiger partial charge in [-0.3, -0.25) is 9.59 Å². The van der Waals surface area contributed by atoms with Crippen molar-refractivity contribution in [3.63, 3.8) is 0 Å². The first-order chi connectivity index (χ1) is 23.6. The van der Waals surface area contributed by atoms with E-state index in [2.05, 4.69) is 26.0 Å². The lowest BCUT2D eigenvalue weighted by molar-refractivity contribution is -0.887. The van der Waals surface area contributed by atoms with Crippen LogP contribution in [0.25, 0.3) is 0 Å². The van der Waals surface area contributed by atoms with Crippen LogP contribution in [0.4, 0.5) is 0 Å². The molecule has 0 aromatic carbocycles. The van der Waals surface area contributed by atoms with Gasteiger partial charge in [-0.15, -0.1) is 0 Å². The molecule has 0 aliphatic rings. The second kappa shape index (κ2) is 33.2. The molecule has 0 amide bonds. The predicted octanol–water partition coefficient (Wildman–Crippen LogP) is 10.4. The average molecular weight is 697 g/mol. The smallest absolute Gasteiger partial charge is 0.362 e. The number of unbranched alkanes of at least 4 members (excludes halogenated alkanes) is 20. The summed E-state index contributed by atoms with van der Waals surface area (Å²) in [6, 6.07) is -0.613. The van der Waals surface area contributed by atoms with Gasteiger partial charge < -0.3 is 23.8 Å². The number of quaternary nitrogens is 1. The lowest BCUT2D eigenvalue weighted by Gasteiger charge is -2.31. The number of ether oxygens (including phenoxy) is 3.